The molecule has 0 spiro atoms. The lowest BCUT2D eigenvalue weighted by Gasteiger charge is -2.19. The summed E-state index contributed by atoms with van der Waals surface area (Å²) in [5, 5.41) is 3.25. The molecule has 3 heteroatoms. The first kappa shape index (κ1) is 9.97. The van der Waals surface area contributed by atoms with Gasteiger partial charge in [-0.2, -0.15) is 0 Å². The molecule has 0 radical (unpaired) electrons. The molecule has 1 N–H and O–H groups in total. The van der Waals surface area contributed by atoms with E-state index in [1.54, 1.807) is 0 Å². The van der Waals surface area contributed by atoms with Crippen LogP contribution >= 0.6 is 0 Å². The third-order valence-corrected chi connectivity index (χ3v) is 3.58. The normalized spacial score (nSPS) is 32.5. The van der Waals surface area contributed by atoms with Gasteiger partial charge in [-0.1, -0.05) is 13.3 Å². The van der Waals surface area contributed by atoms with E-state index in [-0.39, 0.29) is 5.92 Å². The van der Waals surface area contributed by atoms with Crippen molar-refractivity contribution in [1.29, 1.82) is 0 Å². The zero-order valence-electron chi connectivity index (χ0n) is 8.96. The maximum absolute atomic E-state index is 12.0. The molecule has 2 fully saturated rings. The second kappa shape index (κ2) is 4.30. The van der Waals surface area contributed by atoms with Gasteiger partial charge >= 0.3 is 0 Å². The fraction of sp³-hybridized carbons (Fsp3) is 0.909. The zero-order valence-corrected chi connectivity index (χ0v) is 8.96. The highest BCUT2D eigenvalue weighted by molar-refractivity contribution is 5.79. The monoisotopic (exact) mass is 196 g/mol. The number of carbonyl (C=O) groups is 1. The van der Waals surface area contributed by atoms with Crippen molar-refractivity contribution in [2.24, 2.45) is 11.8 Å². The average Bonchev–Trinajstić information content (AvgIpc) is 2.88. The van der Waals surface area contributed by atoms with E-state index in [9.17, 15) is 4.79 Å². The molecule has 0 aromatic rings. The van der Waals surface area contributed by atoms with Crippen LogP contribution in [0.15, 0.2) is 0 Å². The highest BCUT2D eigenvalue weighted by Crippen LogP contribution is 2.22. The molecule has 0 aromatic heterocycles. The molecule has 0 aliphatic carbocycles. The van der Waals surface area contributed by atoms with Crippen LogP contribution in [-0.4, -0.2) is 37.0 Å². The maximum atomic E-state index is 12.0. The Kier molecular flexibility index (Phi) is 3.06. The summed E-state index contributed by atoms with van der Waals surface area (Å²) in [6.45, 7) is 6.13. The summed E-state index contributed by atoms with van der Waals surface area (Å²) in [6, 6.07) is 0. The minimum absolute atomic E-state index is 0.269. The Morgan fingerprint density at radius 1 is 1.50 bits per heavy atom. The molecule has 80 valence electrons. The number of hydrogen-bond acceptors (Lipinski definition) is 2. The summed E-state index contributed by atoms with van der Waals surface area (Å²) in [4.78, 5) is 14.1. The Hall–Kier alpha value is -0.570. The molecule has 2 aliphatic rings. The first-order chi connectivity index (χ1) is 6.81. The van der Waals surface area contributed by atoms with E-state index in [2.05, 4.69) is 17.1 Å². The summed E-state index contributed by atoms with van der Waals surface area (Å²) in [5.74, 6) is 1.42. The van der Waals surface area contributed by atoms with Crippen molar-refractivity contribution in [3.63, 3.8) is 0 Å². The molecular weight excluding hydrogens is 176 g/mol. The van der Waals surface area contributed by atoms with Gasteiger partial charge in [0.2, 0.25) is 5.91 Å². The van der Waals surface area contributed by atoms with E-state index in [0.29, 0.717) is 5.91 Å². The molecule has 2 saturated heterocycles. The van der Waals surface area contributed by atoms with E-state index in [0.717, 1.165) is 38.5 Å². The summed E-state index contributed by atoms with van der Waals surface area (Å²) in [7, 11) is 0. The Morgan fingerprint density at radius 2 is 2.36 bits per heavy atom. The van der Waals surface area contributed by atoms with Gasteiger partial charge in [-0.05, 0) is 25.3 Å². The summed E-state index contributed by atoms with van der Waals surface area (Å²) < 4.78 is 0. The van der Waals surface area contributed by atoms with Crippen LogP contribution in [0.3, 0.4) is 0 Å². The van der Waals surface area contributed by atoms with Crippen molar-refractivity contribution in [1.82, 2.24) is 10.2 Å². The predicted octanol–water partition coefficient (Wildman–Crippen LogP) is 0.854. The molecular formula is C11H20N2O. The van der Waals surface area contributed by atoms with Gasteiger partial charge in [-0.3, -0.25) is 4.79 Å². The molecule has 2 heterocycles. The van der Waals surface area contributed by atoms with Gasteiger partial charge in [0.1, 0.15) is 0 Å². The molecule has 2 atom stereocenters. The van der Waals surface area contributed by atoms with Gasteiger partial charge in [-0.15, -0.1) is 0 Å². The zero-order chi connectivity index (χ0) is 9.97. The van der Waals surface area contributed by atoms with E-state index in [1.165, 1.54) is 12.8 Å². The fourth-order valence-electron chi connectivity index (χ4n) is 2.49. The van der Waals surface area contributed by atoms with Gasteiger partial charge in [-0.25, -0.2) is 0 Å². The van der Waals surface area contributed by atoms with Gasteiger partial charge < -0.3 is 10.2 Å². The van der Waals surface area contributed by atoms with Crippen LogP contribution in [0.25, 0.3) is 0 Å². The lowest BCUT2D eigenvalue weighted by atomic mass is 10.1. The summed E-state index contributed by atoms with van der Waals surface area (Å²) in [5.41, 5.74) is 0. The van der Waals surface area contributed by atoms with Crippen LogP contribution in [0.4, 0.5) is 0 Å². The Balaban J connectivity index is 1.86. The number of hydrogen-bond donors (Lipinski definition) is 1. The molecule has 2 rings (SSSR count). The van der Waals surface area contributed by atoms with E-state index in [4.69, 9.17) is 0 Å². The third kappa shape index (κ3) is 1.92. The minimum Gasteiger partial charge on any atom is -0.342 e. The van der Waals surface area contributed by atoms with Crippen LogP contribution in [-0.2, 0) is 4.79 Å². The SMILES string of the molecule is CCC1CCN(C(=O)[C@@H]2CCNC2)C1. The highest BCUT2D eigenvalue weighted by Gasteiger charge is 2.31. The molecule has 1 amide bonds. The third-order valence-electron chi connectivity index (χ3n) is 3.58. The van der Waals surface area contributed by atoms with Crippen LogP contribution < -0.4 is 5.32 Å². The van der Waals surface area contributed by atoms with Crippen LogP contribution in [0.1, 0.15) is 26.2 Å². The molecule has 0 bridgehead atoms. The summed E-state index contributed by atoms with van der Waals surface area (Å²) >= 11 is 0. The Labute approximate surface area is 85.8 Å². The number of rotatable bonds is 2. The number of nitrogens with zero attached hydrogens (tertiary/aromatic N) is 1. The van der Waals surface area contributed by atoms with Crippen molar-refractivity contribution in [3.05, 3.63) is 0 Å². The second-order valence-corrected chi connectivity index (χ2v) is 4.54. The van der Waals surface area contributed by atoms with Gasteiger partial charge in [0.15, 0.2) is 0 Å². The van der Waals surface area contributed by atoms with Crippen molar-refractivity contribution in [3.8, 4) is 0 Å². The number of likely N-dealkylation sites (tertiary alicyclic amines) is 1. The Bertz CT molecular complexity index is 211. The molecule has 2 aliphatic heterocycles. The molecule has 0 aromatic carbocycles. The highest BCUT2D eigenvalue weighted by atomic mass is 16.2. The largest absolute Gasteiger partial charge is 0.342 e. The van der Waals surface area contributed by atoms with Gasteiger partial charge in [0.05, 0.1) is 5.92 Å². The predicted molar refractivity (Wildman–Crippen MR) is 56.0 cm³/mol. The van der Waals surface area contributed by atoms with Crippen molar-refractivity contribution < 1.29 is 4.79 Å². The van der Waals surface area contributed by atoms with Gasteiger partial charge in [0.25, 0.3) is 0 Å². The average molecular weight is 196 g/mol. The molecule has 1 unspecified atom stereocenters. The van der Waals surface area contributed by atoms with E-state index in [1.807, 2.05) is 0 Å². The van der Waals surface area contributed by atoms with Crippen LogP contribution in [0.5, 0.6) is 0 Å². The number of amides is 1. The number of nitrogens with one attached hydrogen (secondary N) is 1. The lowest BCUT2D eigenvalue weighted by molar-refractivity contribution is -0.133. The fourth-order valence-corrected chi connectivity index (χ4v) is 2.49. The lowest BCUT2D eigenvalue weighted by Crippen LogP contribution is -2.35. The van der Waals surface area contributed by atoms with E-state index < -0.39 is 0 Å². The smallest absolute Gasteiger partial charge is 0.227 e. The quantitative estimate of drug-likeness (QED) is 0.710. The van der Waals surface area contributed by atoms with Crippen molar-refractivity contribution in [2.45, 2.75) is 26.2 Å². The standard InChI is InChI=1S/C11H20N2O/c1-2-9-4-6-13(8-9)11(14)10-3-5-12-7-10/h9-10,12H,2-8H2,1H3/t9?,10-/m1/s1. The van der Waals surface area contributed by atoms with E-state index >= 15 is 0 Å². The van der Waals surface area contributed by atoms with Crippen molar-refractivity contribution >= 4 is 5.91 Å². The topological polar surface area (TPSA) is 32.3 Å². The maximum Gasteiger partial charge on any atom is 0.227 e. The number of carbonyl (C=O) groups excluding carboxylic acids is 1. The van der Waals surface area contributed by atoms with Crippen molar-refractivity contribution in [2.75, 3.05) is 26.2 Å². The van der Waals surface area contributed by atoms with Crippen LogP contribution in [0.2, 0.25) is 0 Å². The summed E-state index contributed by atoms with van der Waals surface area (Å²) in [6.07, 6.45) is 3.46. The molecule has 14 heavy (non-hydrogen) atoms. The molecule has 3 nitrogen and oxygen atoms in total. The minimum atomic E-state index is 0.269. The first-order valence-corrected chi connectivity index (χ1v) is 5.80. The first-order valence-electron chi connectivity index (χ1n) is 5.80. The Morgan fingerprint density at radius 3 is 2.93 bits per heavy atom. The second-order valence-electron chi connectivity index (χ2n) is 4.54. The van der Waals surface area contributed by atoms with Gasteiger partial charge in [0, 0.05) is 19.6 Å². The van der Waals surface area contributed by atoms with Crippen LogP contribution in [0, 0.1) is 11.8 Å². The molecule has 0 saturated carbocycles.